The van der Waals surface area contributed by atoms with Crippen LogP contribution in [0.2, 0.25) is 5.02 Å². The highest BCUT2D eigenvalue weighted by molar-refractivity contribution is 6.30. The molecule has 1 atom stereocenters. The Hall–Kier alpha value is -2.57. The minimum Gasteiger partial charge on any atom is -0.495 e. The number of carbonyl (C=O) groups is 2. The van der Waals surface area contributed by atoms with Crippen LogP contribution in [-0.2, 0) is 9.59 Å². The number of nitrogens with one attached hydrogen (secondary N) is 2. The molecule has 0 fully saturated rings. The first-order valence-electron chi connectivity index (χ1n) is 8.23. The number of ether oxygens (including phenoxy) is 1. The number of amides is 2. The molecule has 0 aliphatic carbocycles. The topological polar surface area (TPSA) is 84.0 Å². The number of anilines is 2. The fourth-order valence-corrected chi connectivity index (χ4v) is 2.60. The number of rotatable bonds is 7. The van der Waals surface area contributed by atoms with Gasteiger partial charge in [0.25, 0.3) is 5.91 Å². The van der Waals surface area contributed by atoms with Gasteiger partial charge in [-0.05, 0) is 37.3 Å². The second-order valence-corrected chi connectivity index (χ2v) is 6.36. The minimum atomic E-state index is -0.183. The van der Waals surface area contributed by atoms with Gasteiger partial charge in [0.2, 0.25) is 5.91 Å². The first-order valence-corrected chi connectivity index (χ1v) is 8.61. The van der Waals surface area contributed by atoms with Crippen molar-refractivity contribution in [1.82, 2.24) is 0 Å². The van der Waals surface area contributed by atoms with Crippen molar-refractivity contribution < 1.29 is 19.6 Å². The van der Waals surface area contributed by atoms with E-state index >= 15 is 0 Å². The summed E-state index contributed by atoms with van der Waals surface area (Å²) in [7, 11) is 1.53. The molecule has 0 saturated heterocycles. The molecule has 2 aromatic rings. The van der Waals surface area contributed by atoms with Crippen molar-refractivity contribution in [3.8, 4) is 5.75 Å². The highest BCUT2D eigenvalue weighted by Crippen LogP contribution is 2.27. The molecule has 0 spiro atoms. The monoisotopic (exact) mass is 376 g/mol. The normalized spacial score (nSPS) is 11.5. The van der Waals surface area contributed by atoms with Gasteiger partial charge in [-0.25, -0.2) is 0 Å². The van der Waals surface area contributed by atoms with Crippen molar-refractivity contribution in [3.05, 3.63) is 53.1 Å². The number of carbonyl (C=O) groups excluding carboxylic acids is 2. The number of methoxy groups -OCH3 is 1. The van der Waals surface area contributed by atoms with Crippen LogP contribution >= 0.6 is 11.6 Å². The van der Waals surface area contributed by atoms with E-state index < -0.39 is 0 Å². The van der Waals surface area contributed by atoms with Crippen molar-refractivity contribution in [3.63, 3.8) is 0 Å². The summed E-state index contributed by atoms with van der Waals surface area (Å²) in [6.45, 7) is 3.70. The van der Waals surface area contributed by atoms with Gasteiger partial charge in [-0.2, -0.15) is 0 Å². The van der Waals surface area contributed by atoms with Crippen LogP contribution in [0.3, 0.4) is 0 Å². The Kier molecular flexibility index (Phi) is 7.00. The summed E-state index contributed by atoms with van der Waals surface area (Å²) in [5, 5.41) is 8.12. The Balaban J connectivity index is 1.98. The van der Waals surface area contributed by atoms with Gasteiger partial charge in [0.1, 0.15) is 11.8 Å². The lowest BCUT2D eigenvalue weighted by Gasteiger charge is -2.14. The van der Waals surface area contributed by atoms with Crippen molar-refractivity contribution in [1.29, 1.82) is 0 Å². The molecule has 4 N–H and O–H groups in total. The fraction of sp³-hybridized carbons (Fsp3) is 0.263. The molecule has 0 saturated carbocycles. The van der Waals surface area contributed by atoms with Crippen LogP contribution in [0.25, 0.3) is 0 Å². The summed E-state index contributed by atoms with van der Waals surface area (Å²) in [5.41, 5.74) is 2.19. The van der Waals surface area contributed by atoms with E-state index in [9.17, 15) is 9.59 Å². The van der Waals surface area contributed by atoms with Crippen LogP contribution in [0.5, 0.6) is 5.75 Å². The van der Waals surface area contributed by atoms with Gasteiger partial charge in [-0.15, -0.1) is 0 Å². The van der Waals surface area contributed by atoms with E-state index in [-0.39, 0.29) is 24.4 Å². The average Bonchev–Trinajstić information content (AvgIpc) is 2.60. The van der Waals surface area contributed by atoms with Crippen LogP contribution in [0.15, 0.2) is 42.5 Å². The third-order valence-electron chi connectivity index (χ3n) is 3.85. The summed E-state index contributed by atoms with van der Waals surface area (Å²) < 4.78 is 5.26. The van der Waals surface area contributed by atoms with E-state index in [0.717, 1.165) is 5.56 Å². The van der Waals surface area contributed by atoms with Crippen molar-refractivity contribution in [2.75, 3.05) is 24.3 Å². The molecule has 0 aliphatic heterocycles. The van der Waals surface area contributed by atoms with E-state index in [2.05, 4.69) is 10.6 Å². The van der Waals surface area contributed by atoms with E-state index in [4.69, 9.17) is 16.3 Å². The molecule has 0 aromatic heterocycles. The Labute approximate surface area is 157 Å². The number of nitrogens with two attached hydrogens (primary N) is 1. The largest absolute Gasteiger partial charge is 0.495 e. The highest BCUT2D eigenvalue weighted by atomic mass is 35.5. The van der Waals surface area contributed by atoms with E-state index in [1.807, 2.05) is 36.5 Å². The zero-order valence-electron chi connectivity index (χ0n) is 15.0. The van der Waals surface area contributed by atoms with E-state index in [0.29, 0.717) is 22.1 Å². The fourth-order valence-electron chi connectivity index (χ4n) is 2.47. The summed E-state index contributed by atoms with van der Waals surface area (Å²) in [4.78, 5) is 23.5. The molecule has 7 heteroatoms. The quantitative estimate of drug-likeness (QED) is 0.694. The Morgan fingerprint density at radius 3 is 2.46 bits per heavy atom. The Morgan fingerprint density at radius 1 is 1.15 bits per heavy atom. The van der Waals surface area contributed by atoms with Gasteiger partial charge in [-0.3, -0.25) is 9.59 Å². The van der Waals surface area contributed by atoms with Crippen molar-refractivity contribution >= 4 is 34.8 Å². The lowest BCUT2D eigenvalue weighted by atomic mass is 10.1. The average molecular weight is 377 g/mol. The van der Waals surface area contributed by atoms with Crippen LogP contribution in [0, 0.1) is 0 Å². The van der Waals surface area contributed by atoms with E-state index in [1.54, 1.807) is 18.2 Å². The van der Waals surface area contributed by atoms with Gasteiger partial charge < -0.3 is 20.7 Å². The molecular formula is C19H23ClN3O3+. The number of benzene rings is 2. The third kappa shape index (κ3) is 5.75. The van der Waals surface area contributed by atoms with E-state index in [1.165, 1.54) is 14.0 Å². The van der Waals surface area contributed by atoms with Crippen LogP contribution in [0.1, 0.15) is 25.5 Å². The summed E-state index contributed by atoms with van der Waals surface area (Å²) in [6.07, 6.45) is 0. The predicted molar refractivity (Wildman–Crippen MR) is 103 cm³/mol. The molecule has 0 radical (unpaired) electrons. The molecule has 2 aromatic carbocycles. The number of hydrogen-bond donors (Lipinski definition) is 3. The van der Waals surface area contributed by atoms with Gasteiger partial charge >= 0.3 is 0 Å². The maximum atomic E-state index is 12.3. The zero-order chi connectivity index (χ0) is 19.1. The number of quaternary nitrogens is 1. The SMILES string of the molecule is COc1ccc(NC(C)=O)cc1NC(=O)C[NH2+][C@@H](C)c1ccc(Cl)cc1. The Morgan fingerprint density at radius 2 is 1.85 bits per heavy atom. The molecule has 0 bridgehead atoms. The predicted octanol–water partition coefficient (Wildman–Crippen LogP) is 2.57. The molecular weight excluding hydrogens is 354 g/mol. The number of halogens is 1. The van der Waals surface area contributed by atoms with Gasteiger partial charge in [0.15, 0.2) is 6.54 Å². The van der Waals surface area contributed by atoms with Crippen molar-refractivity contribution in [2.24, 2.45) is 0 Å². The van der Waals surface area contributed by atoms with Crippen LogP contribution < -0.4 is 20.7 Å². The van der Waals surface area contributed by atoms with Gasteiger partial charge in [-0.1, -0.05) is 23.7 Å². The number of hydrogen-bond acceptors (Lipinski definition) is 3. The summed E-state index contributed by atoms with van der Waals surface area (Å²) in [6, 6.07) is 12.7. The molecule has 138 valence electrons. The maximum absolute atomic E-state index is 12.3. The maximum Gasteiger partial charge on any atom is 0.279 e. The second kappa shape index (κ2) is 9.22. The van der Waals surface area contributed by atoms with Crippen LogP contribution in [-0.4, -0.2) is 25.5 Å². The highest BCUT2D eigenvalue weighted by Gasteiger charge is 2.14. The third-order valence-corrected chi connectivity index (χ3v) is 4.10. The van der Waals surface area contributed by atoms with Gasteiger partial charge in [0.05, 0.1) is 12.8 Å². The standard InChI is InChI=1S/C19H22ClN3O3/c1-12(14-4-6-15(20)7-5-14)21-11-19(25)23-17-10-16(22-13(2)24)8-9-18(17)26-3/h4-10,12,21H,11H2,1-3H3,(H,22,24)(H,23,25)/p+1/t12-/m0/s1. The van der Waals surface area contributed by atoms with Crippen LogP contribution in [0.4, 0.5) is 11.4 Å². The van der Waals surface area contributed by atoms with Crippen molar-refractivity contribution in [2.45, 2.75) is 19.9 Å². The lowest BCUT2D eigenvalue weighted by molar-refractivity contribution is -0.682. The summed E-state index contributed by atoms with van der Waals surface area (Å²) in [5.74, 6) is 0.180. The molecule has 2 amide bonds. The molecule has 0 unspecified atom stereocenters. The minimum absolute atomic E-state index is 0.116. The molecule has 26 heavy (non-hydrogen) atoms. The molecule has 0 aliphatic rings. The first-order chi connectivity index (χ1) is 12.4. The lowest BCUT2D eigenvalue weighted by Crippen LogP contribution is -2.86. The molecule has 6 nitrogen and oxygen atoms in total. The van der Waals surface area contributed by atoms with Gasteiger partial charge in [0, 0.05) is 23.2 Å². The first kappa shape index (κ1) is 19.8. The summed E-state index contributed by atoms with van der Waals surface area (Å²) >= 11 is 5.89. The second-order valence-electron chi connectivity index (χ2n) is 5.92. The Bertz CT molecular complexity index is 778. The molecule has 2 rings (SSSR count). The molecule has 0 heterocycles. The zero-order valence-corrected chi connectivity index (χ0v) is 15.8. The smallest absolute Gasteiger partial charge is 0.279 e.